The number of nitrogens with zero attached hydrogens (tertiary/aromatic N) is 4. The first-order chi connectivity index (χ1) is 32.1. The number of β-lactam (4-membered cyclic amide) rings is 1. The van der Waals surface area contributed by atoms with E-state index in [1.807, 2.05) is 60.7 Å². The Hall–Kier alpha value is -7.75. The fraction of sp³-hybridized carbons (Fsp3) is 0.370. The number of carbonyl (C=O) groups is 5. The normalized spacial score (nSPS) is 14.9. The minimum Gasteiger partial charge on any atom is -0.618 e. The van der Waals surface area contributed by atoms with Crippen LogP contribution in [0.1, 0.15) is 78.0 Å². The molecular formula is C46H52N8O13S. The number of hydrogen-bond donors (Lipinski definition) is 4. The van der Waals surface area contributed by atoms with Crippen molar-refractivity contribution in [3.8, 4) is 22.9 Å². The lowest BCUT2D eigenvalue weighted by molar-refractivity contribution is -0.594. The minimum absolute atomic E-state index is 0.0518. The summed E-state index contributed by atoms with van der Waals surface area (Å²) in [6, 6.07) is 19.8. The minimum atomic E-state index is -1.68. The molecule has 0 aliphatic carbocycles. The van der Waals surface area contributed by atoms with Crippen molar-refractivity contribution in [2.75, 3.05) is 11.9 Å². The molecule has 68 heavy (non-hydrogen) atoms. The molecule has 2 aromatic carbocycles. The number of hydrogen-bond acceptors (Lipinski definition) is 17. The molecule has 1 aliphatic rings. The third-order valence-corrected chi connectivity index (χ3v) is 9.97. The van der Waals surface area contributed by atoms with Crippen molar-refractivity contribution >= 4 is 52.2 Å². The smallest absolute Gasteiger partial charge is 0.413 e. The second-order valence-corrected chi connectivity index (χ2v) is 18.5. The number of alkyl carbamates (subject to hydrolysis) is 1. The predicted octanol–water partition coefficient (Wildman–Crippen LogP) is 5.69. The highest BCUT2D eigenvalue weighted by molar-refractivity contribution is 7.14. The zero-order valence-corrected chi connectivity index (χ0v) is 39.4. The molecule has 3 aromatic heterocycles. The highest BCUT2D eigenvalue weighted by atomic mass is 32.1. The number of nitrogens with one attached hydrogen (secondary N) is 4. The maximum absolute atomic E-state index is 13.8. The van der Waals surface area contributed by atoms with E-state index in [4.69, 9.17) is 33.0 Å². The number of ether oxygens (including phenoxy) is 5. The van der Waals surface area contributed by atoms with Crippen LogP contribution < -0.4 is 35.5 Å². The Bertz CT molecular complexity index is 2620. The summed E-state index contributed by atoms with van der Waals surface area (Å²) in [7, 11) is 0. The second kappa shape index (κ2) is 21.3. The van der Waals surface area contributed by atoms with Crippen LogP contribution in [-0.4, -0.2) is 81.3 Å². The quantitative estimate of drug-likeness (QED) is 0.0156. The number of aromatic nitrogens is 3. The predicted molar refractivity (Wildman–Crippen MR) is 244 cm³/mol. The zero-order chi connectivity index (χ0) is 49.2. The molecule has 22 heteroatoms. The van der Waals surface area contributed by atoms with Crippen LogP contribution in [0, 0.1) is 5.21 Å². The first-order valence-corrected chi connectivity index (χ1v) is 22.0. The van der Waals surface area contributed by atoms with Gasteiger partial charge in [-0.2, -0.15) is 4.73 Å². The first-order valence-electron chi connectivity index (χ1n) is 21.2. The van der Waals surface area contributed by atoms with Crippen molar-refractivity contribution in [3.05, 3.63) is 112 Å². The summed E-state index contributed by atoms with van der Waals surface area (Å²) in [6.07, 6.45) is -0.461. The molecule has 6 rings (SSSR count). The first kappa shape index (κ1) is 49.7. The molecule has 0 spiro atoms. The topological polar surface area (TPSA) is 267 Å². The van der Waals surface area contributed by atoms with Gasteiger partial charge < -0.3 is 54.2 Å². The molecule has 5 aromatic rings. The van der Waals surface area contributed by atoms with E-state index in [-0.39, 0.29) is 65.8 Å². The maximum Gasteiger partial charge on any atom is 0.413 e. The summed E-state index contributed by atoms with van der Waals surface area (Å²) in [5.74, 6) is -1.69. The Kier molecular flexibility index (Phi) is 15.5. The summed E-state index contributed by atoms with van der Waals surface area (Å²) in [5.41, 5.74) is -1.86. The van der Waals surface area contributed by atoms with Crippen molar-refractivity contribution in [2.24, 2.45) is 5.16 Å². The van der Waals surface area contributed by atoms with E-state index in [0.29, 0.717) is 4.73 Å². The summed E-state index contributed by atoms with van der Waals surface area (Å²) < 4.78 is 34.0. The Labute approximate surface area is 395 Å². The standard InChI is InChI=1S/C46H52N8O13S/c1-44(2,3)64-40(57)46(7,8)67-53-37(32-26-68-41(49-32)51-43(59)65-45(4,5)6)39(56)50-36-31(48-38(36)55)21-47-42(58)63-25-29-19-30(52-66-29)33-20-34(61-23-27-15-11-9-12-16-27)35(22-54(33)60)62-24-28-17-13-10-14-18-28/h9-20,22,26,31,36H,21,23-25H2,1-8H3,(H,47,58)(H,48,55)(H,50,56)(H,49,51,59)/b53-37-/t31-,36+/m1/s1. The summed E-state index contributed by atoms with van der Waals surface area (Å²) >= 11 is 0.948. The van der Waals surface area contributed by atoms with Crippen molar-refractivity contribution in [2.45, 2.75) is 104 Å². The van der Waals surface area contributed by atoms with E-state index in [1.54, 1.807) is 41.5 Å². The number of esters is 1. The number of amides is 4. The van der Waals surface area contributed by atoms with Crippen LogP contribution in [0.4, 0.5) is 14.7 Å². The highest BCUT2D eigenvalue weighted by Crippen LogP contribution is 2.31. The molecular weight excluding hydrogens is 905 g/mol. The molecule has 360 valence electrons. The van der Waals surface area contributed by atoms with E-state index >= 15 is 0 Å². The van der Waals surface area contributed by atoms with Crippen LogP contribution in [0.2, 0.25) is 0 Å². The fourth-order valence-electron chi connectivity index (χ4n) is 5.88. The molecule has 0 saturated carbocycles. The molecule has 4 N–H and O–H groups in total. The Morgan fingerprint density at radius 3 is 2.10 bits per heavy atom. The van der Waals surface area contributed by atoms with Crippen LogP contribution in [0.5, 0.6) is 11.5 Å². The van der Waals surface area contributed by atoms with E-state index in [0.717, 1.165) is 22.5 Å². The monoisotopic (exact) mass is 956 g/mol. The summed E-state index contributed by atoms with van der Waals surface area (Å²) in [4.78, 5) is 74.4. The van der Waals surface area contributed by atoms with Gasteiger partial charge in [-0.25, -0.2) is 19.4 Å². The van der Waals surface area contributed by atoms with Gasteiger partial charge in [0.05, 0.1) is 12.1 Å². The number of thiazole rings is 1. The van der Waals surface area contributed by atoms with Gasteiger partial charge in [-0.1, -0.05) is 71.0 Å². The van der Waals surface area contributed by atoms with E-state index in [2.05, 4.69) is 36.6 Å². The van der Waals surface area contributed by atoms with Gasteiger partial charge >= 0.3 is 18.2 Å². The number of rotatable bonds is 18. The van der Waals surface area contributed by atoms with E-state index in [1.165, 1.54) is 37.6 Å². The third kappa shape index (κ3) is 14.1. The summed E-state index contributed by atoms with van der Waals surface area (Å²) in [6.45, 7) is 12.7. The third-order valence-electron chi connectivity index (χ3n) is 9.21. The average Bonchev–Trinajstić information content (AvgIpc) is 3.94. The number of anilines is 1. The van der Waals surface area contributed by atoms with Crippen molar-refractivity contribution in [1.82, 2.24) is 26.1 Å². The molecule has 4 heterocycles. The molecule has 0 unspecified atom stereocenters. The molecule has 4 amide bonds. The average molecular weight is 957 g/mol. The largest absolute Gasteiger partial charge is 0.618 e. The van der Waals surface area contributed by atoms with Gasteiger partial charge in [0.25, 0.3) is 5.91 Å². The molecule has 1 aliphatic heterocycles. The molecule has 0 bridgehead atoms. The van der Waals surface area contributed by atoms with Gasteiger partial charge in [0.1, 0.15) is 36.2 Å². The van der Waals surface area contributed by atoms with Crippen molar-refractivity contribution in [3.63, 3.8) is 0 Å². The molecule has 1 saturated heterocycles. The number of oxime groups is 1. The van der Waals surface area contributed by atoms with Crippen LogP contribution in [0.25, 0.3) is 11.4 Å². The Balaban J connectivity index is 1.07. The van der Waals surface area contributed by atoms with Gasteiger partial charge in [0.2, 0.25) is 29.1 Å². The second-order valence-electron chi connectivity index (χ2n) is 17.7. The lowest BCUT2D eigenvalue weighted by Gasteiger charge is -2.37. The lowest BCUT2D eigenvalue weighted by atomic mass is 9.98. The highest BCUT2D eigenvalue weighted by Gasteiger charge is 2.42. The Morgan fingerprint density at radius 2 is 1.49 bits per heavy atom. The van der Waals surface area contributed by atoms with E-state index in [9.17, 15) is 29.2 Å². The number of pyridine rings is 1. The maximum atomic E-state index is 13.8. The summed E-state index contributed by atoms with van der Waals surface area (Å²) in [5, 5.41) is 32.9. The van der Waals surface area contributed by atoms with Crippen molar-refractivity contribution in [1.29, 1.82) is 0 Å². The van der Waals surface area contributed by atoms with Crippen LogP contribution in [-0.2, 0) is 53.3 Å². The lowest BCUT2D eigenvalue weighted by Crippen LogP contribution is -2.72. The van der Waals surface area contributed by atoms with Gasteiger partial charge in [-0.3, -0.25) is 14.9 Å². The van der Waals surface area contributed by atoms with Gasteiger partial charge in [-0.05, 0) is 66.5 Å². The molecule has 1 fully saturated rings. The van der Waals surface area contributed by atoms with Crippen LogP contribution in [0.3, 0.4) is 0 Å². The van der Waals surface area contributed by atoms with Crippen LogP contribution >= 0.6 is 11.3 Å². The van der Waals surface area contributed by atoms with Gasteiger partial charge in [0.15, 0.2) is 34.7 Å². The van der Waals surface area contributed by atoms with Crippen molar-refractivity contribution < 1.29 is 61.7 Å². The van der Waals surface area contributed by atoms with E-state index < -0.39 is 64.6 Å². The zero-order valence-electron chi connectivity index (χ0n) is 38.6. The molecule has 21 nitrogen and oxygen atoms in total. The number of benzene rings is 2. The fourth-order valence-corrected chi connectivity index (χ4v) is 6.56. The molecule has 2 atom stereocenters. The van der Waals surface area contributed by atoms with Gasteiger partial charge in [0, 0.05) is 18.0 Å². The molecule has 0 radical (unpaired) electrons. The van der Waals surface area contributed by atoms with Crippen LogP contribution in [0.15, 0.2) is 94.1 Å². The number of carbonyl (C=O) groups excluding carboxylic acids is 5. The SMILES string of the molecule is CC(C)(C)OC(=O)Nc1nc(/C(=N/OC(C)(C)C(=O)OC(C)(C)C)C(=O)N[C@@H]2C(=O)N[C@@H]2CNC(=O)OCc2cc(-c3cc(OCc4ccccc4)c(OCc4ccccc4)c[n+]3[O-])no2)cs1. The Morgan fingerprint density at radius 1 is 0.853 bits per heavy atom. The van der Waals surface area contributed by atoms with Gasteiger partial charge in [-0.15, -0.1) is 11.3 Å².